The molecule has 0 radical (unpaired) electrons. The van der Waals surface area contributed by atoms with Crippen LogP contribution in [0.3, 0.4) is 0 Å². The van der Waals surface area contributed by atoms with Crippen LogP contribution in [-0.2, 0) is 6.54 Å². The number of aliphatic hydroxyl groups excluding tert-OH is 1. The summed E-state index contributed by atoms with van der Waals surface area (Å²) in [6.45, 7) is 5.55. The molecule has 0 spiro atoms. The molecule has 4 rings (SSSR count). The summed E-state index contributed by atoms with van der Waals surface area (Å²) in [7, 11) is 2.03. The lowest BCUT2D eigenvalue weighted by Crippen LogP contribution is -2.49. The first kappa shape index (κ1) is 25.4. The van der Waals surface area contributed by atoms with Crippen molar-refractivity contribution in [3.8, 4) is 17.7 Å². The van der Waals surface area contributed by atoms with E-state index in [0.717, 1.165) is 11.3 Å². The lowest BCUT2D eigenvalue weighted by Gasteiger charge is -2.37. The zero-order chi connectivity index (χ0) is 25.5. The molecule has 1 aromatic carbocycles. The number of ether oxygens (including phenoxy) is 1. The number of nitrogens with zero attached hydrogens (tertiary/aromatic N) is 4. The molecule has 0 unspecified atom stereocenters. The van der Waals surface area contributed by atoms with E-state index in [-0.39, 0.29) is 30.6 Å². The minimum Gasteiger partial charge on any atom is -0.472 e. The fourth-order valence-corrected chi connectivity index (χ4v) is 4.19. The first-order valence-electron chi connectivity index (χ1n) is 12.2. The highest BCUT2D eigenvalue weighted by Gasteiger charge is 2.34. The van der Waals surface area contributed by atoms with Crippen molar-refractivity contribution in [1.82, 2.24) is 19.8 Å². The number of hydrogen-bond acceptors (Lipinski definition) is 6. The first-order valence-corrected chi connectivity index (χ1v) is 12.2. The van der Waals surface area contributed by atoms with Gasteiger partial charge in [0.05, 0.1) is 18.3 Å². The molecule has 3 heterocycles. The van der Waals surface area contributed by atoms with Gasteiger partial charge in [0.1, 0.15) is 11.7 Å². The normalized spacial score (nSPS) is 18.4. The Morgan fingerprint density at radius 3 is 2.61 bits per heavy atom. The summed E-state index contributed by atoms with van der Waals surface area (Å²) >= 11 is 0. The molecule has 0 saturated heterocycles. The number of amides is 1. The maximum absolute atomic E-state index is 13.6. The van der Waals surface area contributed by atoms with Crippen LogP contribution in [-0.4, -0.2) is 69.7 Å². The molecular weight excluding hydrogens is 452 g/mol. The van der Waals surface area contributed by atoms with Gasteiger partial charge in [-0.25, -0.2) is 4.98 Å². The van der Waals surface area contributed by atoms with Crippen LogP contribution in [0.2, 0.25) is 0 Å². The number of aliphatic hydroxyl groups is 1. The van der Waals surface area contributed by atoms with E-state index in [2.05, 4.69) is 33.6 Å². The predicted molar refractivity (Wildman–Crippen MR) is 138 cm³/mol. The van der Waals surface area contributed by atoms with Crippen LogP contribution >= 0.6 is 0 Å². The van der Waals surface area contributed by atoms with Crippen molar-refractivity contribution >= 4 is 5.91 Å². The van der Waals surface area contributed by atoms with Gasteiger partial charge in [-0.15, -0.1) is 0 Å². The topological polar surface area (TPSA) is 78.8 Å². The fraction of sp³-hybridized carbons (Fsp3) is 0.345. The van der Waals surface area contributed by atoms with E-state index in [0.29, 0.717) is 36.6 Å². The molecule has 1 aliphatic heterocycles. The minimum atomic E-state index is -0.336. The number of benzene rings is 1. The standard InChI is InChI=1S/C29H32N4O3/c1-21-17-33(22(2)20-34)29(35)26-15-24(13-12-23-9-5-4-6-10-23)16-31-28(26)36-27(21)19-32(3)18-25-11-7-8-14-30-25/h4-11,14-16,21-22,27,34H,17-20H2,1-3H3/t21-,22+,27-/m0/s1. The Labute approximate surface area is 212 Å². The summed E-state index contributed by atoms with van der Waals surface area (Å²) in [6.07, 6.45) is 3.21. The van der Waals surface area contributed by atoms with Crippen LogP contribution in [0.15, 0.2) is 67.0 Å². The average molecular weight is 485 g/mol. The van der Waals surface area contributed by atoms with E-state index >= 15 is 0 Å². The lowest BCUT2D eigenvalue weighted by molar-refractivity contribution is 0.0324. The molecule has 1 amide bonds. The predicted octanol–water partition coefficient (Wildman–Crippen LogP) is 3.23. The molecule has 0 aliphatic carbocycles. The maximum atomic E-state index is 13.6. The van der Waals surface area contributed by atoms with Gasteiger partial charge in [0.25, 0.3) is 5.91 Å². The second kappa shape index (κ2) is 11.8. The van der Waals surface area contributed by atoms with Gasteiger partial charge in [-0.2, -0.15) is 0 Å². The van der Waals surface area contributed by atoms with Crippen LogP contribution in [0.5, 0.6) is 5.88 Å². The largest absolute Gasteiger partial charge is 0.472 e. The van der Waals surface area contributed by atoms with E-state index in [1.807, 2.05) is 62.5 Å². The SMILES string of the molecule is C[C@H](CO)N1C[C@H](C)[C@H](CN(C)Cc2ccccn2)Oc2ncc(C#Cc3ccccc3)cc2C1=O. The van der Waals surface area contributed by atoms with Crippen LogP contribution in [0.4, 0.5) is 0 Å². The number of fused-ring (bicyclic) bond motifs is 1. The Morgan fingerprint density at radius 2 is 1.89 bits per heavy atom. The van der Waals surface area contributed by atoms with Crippen molar-refractivity contribution in [3.63, 3.8) is 0 Å². The molecule has 7 heteroatoms. The maximum Gasteiger partial charge on any atom is 0.259 e. The second-order valence-electron chi connectivity index (χ2n) is 9.33. The van der Waals surface area contributed by atoms with E-state index in [1.165, 1.54) is 0 Å². The molecule has 1 aliphatic rings. The van der Waals surface area contributed by atoms with Gasteiger partial charge in [0, 0.05) is 49.1 Å². The Bertz CT molecular complexity index is 1220. The molecule has 3 aromatic rings. The van der Waals surface area contributed by atoms with Crippen molar-refractivity contribution in [3.05, 3.63) is 89.4 Å². The zero-order valence-electron chi connectivity index (χ0n) is 21.0. The number of carbonyl (C=O) groups excluding carboxylic acids is 1. The Balaban J connectivity index is 1.63. The summed E-state index contributed by atoms with van der Waals surface area (Å²) in [6, 6.07) is 16.9. The molecule has 186 valence electrons. The van der Waals surface area contributed by atoms with Gasteiger partial charge < -0.3 is 14.7 Å². The van der Waals surface area contributed by atoms with Crippen LogP contribution in [0.1, 0.15) is 41.0 Å². The van der Waals surface area contributed by atoms with Gasteiger partial charge in [-0.3, -0.25) is 14.7 Å². The van der Waals surface area contributed by atoms with Crippen LogP contribution in [0, 0.1) is 17.8 Å². The number of pyridine rings is 2. The van der Waals surface area contributed by atoms with E-state index in [9.17, 15) is 9.90 Å². The van der Waals surface area contributed by atoms with E-state index in [4.69, 9.17) is 4.74 Å². The Kier molecular flexibility index (Phi) is 8.32. The summed E-state index contributed by atoms with van der Waals surface area (Å²) < 4.78 is 6.38. The van der Waals surface area contributed by atoms with Crippen molar-refractivity contribution in [1.29, 1.82) is 0 Å². The number of hydrogen-bond donors (Lipinski definition) is 1. The fourth-order valence-electron chi connectivity index (χ4n) is 4.19. The quantitative estimate of drug-likeness (QED) is 0.542. The summed E-state index contributed by atoms with van der Waals surface area (Å²) in [4.78, 5) is 26.4. The van der Waals surface area contributed by atoms with Crippen LogP contribution < -0.4 is 4.74 Å². The van der Waals surface area contributed by atoms with Crippen molar-refractivity contribution in [2.24, 2.45) is 5.92 Å². The van der Waals surface area contributed by atoms with Gasteiger partial charge in [0.2, 0.25) is 5.88 Å². The van der Waals surface area contributed by atoms with Gasteiger partial charge in [-0.1, -0.05) is 43.0 Å². The molecular formula is C29H32N4O3. The molecule has 0 bridgehead atoms. The molecule has 3 atom stereocenters. The van der Waals surface area contributed by atoms with Crippen molar-refractivity contribution < 1.29 is 14.6 Å². The molecule has 0 fully saturated rings. The van der Waals surface area contributed by atoms with E-state index < -0.39 is 0 Å². The summed E-state index contributed by atoms with van der Waals surface area (Å²) in [5.74, 6) is 6.31. The van der Waals surface area contributed by atoms with Crippen LogP contribution in [0.25, 0.3) is 0 Å². The number of carbonyl (C=O) groups is 1. The highest BCUT2D eigenvalue weighted by atomic mass is 16.5. The molecule has 36 heavy (non-hydrogen) atoms. The highest BCUT2D eigenvalue weighted by Crippen LogP contribution is 2.27. The van der Waals surface area contributed by atoms with Crippen molar-refractivity contribution in [2.45, 2.75) is 32.5 Å². The number of aromatic nitrogens is 2. The summed E-state index contributed by atoms with van der Waals surface area (Å²) in [5, 5.41) is 9.86. The van der Waals surface area contributed by atoms with Gasteiger partial charge in [0.15, 0.2) is 0 Å². The van der Waals surface area contributed by atoms with E-state index in [1.54, 1.807) is 23.4 Å². The second-order valence-corrected chi connectivity index (χ2v) is 9.33. The highest BCUT2D eigenvalue weighted by molar-refractivity contribution is 5.97. The zero-order valence-corrected chi connectivity index (χ0v) is 21.0. The minimum absolute atomic E-state index is 0.0154. The lowest BCUT2D eigenvalue weighted by atomic mass is 10.00. The molecule has 1 N–H and O–H groups in total. The third kappa shape index (κ3) is 6.28. The summed E-state index contributed by atoms with van der Waals surface area (Å²) in [5.41, 5.74) is 2.85. The Hall–Kier alpha value is -3.73. The third-order valence-electron chi connectivity index (χ3n) is 6.30. The number of likely N-dealkylation sites (N-methyl/N-ethyl adjacent to an activating group) is 1. The molecule has 2 aromatic heterocycles. The molecule has 7 nitrogen and oxygen atoms in total. The number of rotatable bonds is 6. The Morgan fingerprint density at radius 1 is 1.14 bits per heavy atom. The van der Waals surface area contributed by atoms with Gasteiger partial charge >= 0.3 is 0 Å². The third-order valence-corrected chi connectivity index (χ3v) is 6.30. The first-order chi connectivity index (χ1) is 17.4. The smallest absolute Gasteiger partial charge is 0.259 e. The average Bonchev–Trinajstić information content (AvgIpc) is 2.90. The van der Waals surface area contributed by atoms with Crippen molar-refractivity contribution in [2.75, 3.05) is 26.7 Å². The van der Waals surface area contributed by atoms with Gasteiger partial charge in [-0.05, 0) is 44.3 Å². The monoisotopic (exact) mass is 484 g/mol. The molecule has 0 saturated carbocycles.